The molecule has 0 radical (unpaired) electrons. The second kappa shape index (κ2) is 6.98. The van der Waals surface area contributed by atoms with Gasteiger partial charge in [0.15, 0.2) is 11.5 Å². The molecule has 0 saturated heterocycles. The molecular formula is C17H17F3O4. The summed E-state index contributed by atoms with van der Waals surface area (Å²) < 4.78 is 43.0. The highest BCUT2D eigenvalue weighted by atomic mass is 19.4. The van der Waals surface area contributed by atoms with Crippen LogP contribution in [0.25, 0.3) is 6.08 Å². The highest BCUT2D eigenvalue weighted by Crippen LogP contribution is 2.34. The number of carbonyl (C=O) groups is 1. The summed E-state index contributed by atoms with van der Waals surface area (Å²) in [4.78, 5) is 11.5. The molecule has 2 N–H and O–H groups in total. The van der Waals surface area contributed by atoms with Gasteiger partial charge < -0.3 is 14.9 Å². The van der Waals surface area contributed by atoms with E-state index in [2.05, 4.69) is 0 Å². The van der Waals surface area contributed by atoms with E-state index in [9.17, 15) is 28.2 Å². The van der Waals surface area contributed by atoms with Gasteiger partial charge >= 0.3 is 6.18 Å². The number of hydrogen-bond donors (Lipinski definition) is 2. The Labute approximate surface area is 136 Å². The number of halogens is 3. The fourth-order valence-corrected chi connectivity index (χ4v) is 2.57. The number of ketones is 1. The normalized spacial score (nSPS) is 17.8. The second-order valence-corrected chi connectivity index (χ2v) is 5.46. The minimum atomic E-state index is -5.01. The lowest BCUT2D eigenvalue weighted by Gasteiger charge is -2.11. The molecule has 24 heavy (non-hydrogen) atoms. The van der Waals surface area contributed by atoms with Gasteiger partial charge in [-0.05, 0) is 55.0 Å². The van der Waals surface area contributed by atoms with Crippen LogP contribution < -0.4 is 4.74 Å². The molecule has 0 heterocycles. The number of allylic oxidation sites excluding steroid dienone is 2. The zero-order valence-corrected chi connectivity index (χ0v) is 13.0. The van der Waals surface area contributed by atoms with Crippen LogP contribution in [0.1, 0.15) is 31.2 Å². The largest absolute Gasteiger partial charge is 0.507 e. The molecule has 0 saturated carbocycles. The predicted molar refractivity (Wildman–Crippen MR) is 81.8 cm³/mol. The Balaban J connectivity index is 2.45. The number of carbonyl (C=O) groups excluding carboxylic acids is 1. The van der Waals surface area contributed by atoms with Crippen LogP contribution in [-0.2, 0) is 4.79 Å². The van der Waals surface area contributed by atoms with E-state index >= 15 is 0 Å². The first-order valence-electron chi connectivity index (χ1n) is 7.35. The maximum absolute atomic E-state index is 12.7. The smallest absolute Gasteiger partial charge is 0.454 e. The fraction of sp³-hybridized carbons (Fsp3) is 0.353. The van der Waals surface area contributed by atoms with Crippen molar-refractivity contribution in [2.45, 2.75) is 31.9 Å². The number of methoxy groups -OCH3 is 1. The maximum atomic E-state index is 12.7. The fourth-order valence-electron chi connectivity index (χ4n) is 2.57. The van der Waals surface area contributed by atoms with Crippen molar-refractivity contribution in [2.75, 3.05) is 7.11 Å². The van der Waals surface area contributed by atoms with Crippen molar-refractivity contribution in [3.05, 3.63) is 40.7 Å². The van der Waals surface area contributed by atoms with E-state index in [-0.39, 0.29) is 23.5 Å². The summed E-state index contributed by atoms with van der Waals surface area (Å²) in [6, 6.07) is 4.41. The van der Waals surface area contributed by atoms with Gasteiger partial charge in [0, 0.05) is 5.57 Å². The Morgan fingerprint density at radius 3 is 2.50 bits per heavy atom. The summed E-state index contributed by atoms with van der Waals surface area (Å²) in [5.74, 6) is -2.49. The molecule has 2 rings (SSSR count). The van der Waals surface area contributed by atoms with E-state index in [1.165, 1.54) is 31.4 Å². The van der Waals surface area contributed by atoms with Crippen molar-refractivity contribution in [2.24, 2.45) is 0 Å². The molecule has 7 heteroatoms. The number of benzene rings is 1. The van der Waals surface area contributed by atoms with Gasteiger partial charge in [0.05, 0.1) is 7.11 Å². The topological polar surface area (TPSA) is 66.8 Å². The number of phenols is 1. The first-order chi connectivity index (χ1) is 11.2. The summed E-state index contributed by atoms with van der Waals surface area (Å²) >= 11 is 0. The van der Waals surface area contributed by atoms with Crippen molar-refractivity contribution in [1.29, 1.82) is 0 Å². The van der Waals surface area contributed by atoms with Gasteiger partial charge in [0.25, 0.3) is 5.78 Å². The number of aliphatic hydroxyl groups excluding tert-OH is 1. The van der Waals surface area contributed by atoms with E-state index in [1.807, 2.05) is 0 Å². The van der Waals surface area contributed by atoms with Crippen molar-refractivity contribution >= 4 is 11.9 Å². The third-order valence-electron chi connectivity index (χ3n) is 3.79. The molecule has 130 valence electrons. The number of ether oxygens (including phenoxy) is 1. The third kappa shape index (κ3) is 3.90. The van der Waals surface area contributed by atoms with Crippen molar-refractivity contribution < 1.29 is 32.9 Å². The number of aliphatic hydroxyl groups is 1. The average molecular weight is 342 g/mol. The molecule has 4 nitrogen and oxygen atoms in total. The van der Waals surface area contributed by atoms with E-state index < -0.39 is 23.3 Å². The number of rotatable bonds is 3. The first kappa shape index (κ1) is 17.9. The molecule has 0 bridgehead atoms. The quantitative estimate of drug-likeness (QED) is 0.859. The number of Topliss-reactive ketones (excluding diaryl/α,β-unsaturated/α-hetero) is 1. The van der Waals surface area contributed by atoms with Gasteiger partial charge in [-0.25, -0.2) is 0 Å². The highest BCUT2D eigenvalue weighted by molar-refractivity contribution is 6.00. The Hall–Kier alpha value is -2.44. The van der Waals surface area contributed by atoms with E-state index in [4.69, 9.17) is 4.74 Å². The lowest BCUT2D eigenvalue weighted by molar-refractivity contribution is -0.166. The number of hydrogen-bond acceptors (Lipinski definition) is 4. The SMILES string of the molecule is COc1cc(/C=C2\CCCCC(C(=O)C(F)(F)F)=C2O)ccc1O. The summed E-state index contributed by atoms with van der Waals surface area (Å²) in [6.07, 6.45) is -2.34. The van der Waals surface area contributed by atoms with Crippen LogP contribution in [0.15, 0.2) is 35.1 Å². The molecule has 0 aliphatic heterocycles. The van der Waals surface area contributed by atoms with Crippen LogP contribution in [0.4, 0.5) is 13.2 Å². The standard InChI is InChI=1S/C17H17F3O4/c1-24-14-9-10(6-7-13(14)21)8-11-4-2-3-5-12(15(11)22)16(23)17(18,19)20/h6-9,21-22H,2-5H2,1H3/b11-8+. The van der Waals surface area contributed by atoms with Gasteiger partial charge in [-0.3, -0.25) is 4.79 Å². The Bertz CT molecular complexity index is 702. The molecule has 1 aromatic carbocycles. The van der Waals surface area contributed by atoms with E-state index in [1.54, 1.807) is 0 Å². The lowest BCUT2D eigenvalue weighted by atomic mass is 10.0. The summed E-state index contributed by atoms with van der Waals surface area (Å²) in [5.41, 5.74) is 0.191. The number of aromatic hydroxyl groups is 1. The molecule has 0 unspecified atom stereocenters. The first-order valence-corrected chi connectivity index (χ1v) is 7.35. The van der Waals surface area contributed by atoms with Gasteiger partial charge in [0.1, 0.15) is 5.76 Å². The number of phenolic OH excluding ortho intramolecular Hbond substituents is 1. The molecule has 0 fully saturated rings. The Morgan fingerprint density at radius 2 is 1.88 bits per heavy atom. The Kier molecular flexibility index (Phi) is 5.21. The van der Waals surface area contributed by atoms with E-state index in [0.717, 1.165) is 0 Å². The molecular weight excluding hydrogens is 325 g/mol. The summed E-state index contributed by atoms with van der Waals surface area (Å²) in [7, 11) is 1.37. The van der Waals surface area contributed by atoms with Gasteiger partial charge in [-0.2, -0.15) is 13.2 Å². The predicted octanol–water partition coefficient (Wildman–Crippen LogP) is 4.30. The molecule has 1 aromatic rings. The van der Waals surface area contributed by atoms with Gasteiger partial charge in [-0.15, -0.1) is 0 Å². The van der Waals surface area contributed by atoms with Crippen LogP contribution in [0, 0.1) is 0 Å². The third-order valence-corrected chi connectivity index (χ3v) is 3.79. The molecule has 1 aliphatic rings. The van der Waals surface area contributed by atoms with Gasteiger partial charge in [0.2, 0.25) is 0 Å². The molecule has 0 spiro atoms. The molecule has 0 atom stereocenters. The monoisotopic (exact) mass is 342 g/mol. The van der Waals surface area contributed by atoms with Crippen LogP contribution in [0.3, 0.4) is 0 Å². The minimum Gasteiger partial charge on any atom is -0.507 e. The zero-order chi connectivity index (χ0) is 17.9. The van der Waals surface area contributed by atoms with Crippen LogP contribution >= 0.6 is 0 Å². The lowest BCUT2D eigenvalue weighted by Crippen LogP contribution is -2.25. The van der Waals surface area contributed by atoms with E-state index in [0.29, 0.717) is 24.8 Å². The minimum absolute atomic E-state index is 0.0757. The molecule has 1 aliphatic carbocycles. The van der Waals surface area contributed by atoms with Crippen molar-refractivity contribution in [1.82, 2.24) is 0 Å². The van der Waals surface area contributed by atoms with Crippen LogP contribution in [-0.4, -0.2) is 29.3 Å². The Morgan fingerprint density at radius 1 is 1.21 bits per heavy atom. The van der Waals surface area contributed by atoms with Gasteiger partial charge in [-0.1, -0.05) is 6.07 Å². The second-order valence-electron chi connectivity index (χ2n) is 5.46. The molecule has 0 amide bonds. The van der Waals surface area contributed by atoms with Crippen molar-refractivity contribution in [3.8, 4) is 11.5 Å². The van der Waals surface area contributed by atoms with Crippen molar-refractivity contribution in [3.63, 3.8) is 0 Å². The highest BCUT2D eigenvalue weighted by Gasteiger charge is 2.42. The van der Waals surface area contributed by atoms with Crippen LogP contribution in [0.2, 0.25) is 0 Å². The number of alkyl halides is 3. The average Bonchev–Trinajstić information content (AvgIpc) is 2.70. The summed E-state index contributed by atoms with van der Waals surface area (Å²) in [5, 5.41) is 19.8. The summed E-state index contributed by atoms with van der Waals surface area (Å²) in [6.45, 7) is 0. The zero-order valence-electron chi connectivity index (χ0n) is 13.0. The molecule has 0 aromatic heterocycles. The maximum Gasteiger partial charge on any atom is 0.454 e. The van der Waals surface area contributed by atoms with Crippen LogP contribution in [0.5, 0.6) is 11.5 Å².